The van der Waals surface area contributed by atoms with Crippen LogP contribution in [0.2, 0.25) is 0 Å². The highest BCUT2D eigenvalue weighted by atomic mass is 19.4. The standard InChI is InChI=1S/C14H17F3N2O2/c1-9(18)12-8-19(5-6-21-12)13(20)10-3-2-4-11(7-10)14(15,16)17/h2-4,7,9,12H,5-6,8,18H2,1H3. The van der Waals surface area contributed by atoms with Crippen molar-refractivity contribution in [3.8, 4) is 0 Å². The number of hydrogen-bond donors (Lipinski definition) is 1. The van der Waals surface area contributed by atoms with E-state index in [1.54, 1.807) is 6.92 Å². The van der Waals surface area contributed by atoms with Crippen LogP contribution < -0.4 is 5.73 Å². The van der Waals surface area contributed by atoms with E-state index in [1.807, 2.05) is 0 Å². The molecule has 1 amide bonds. The fourth-order valence-corrected chi connectivity index (χ4v) is 2.19. The molecule has 1 aliphatic heterocycles. The first-order valence-corrected chi connectivity index (χ1v) is 6.63. The van der Waals surface area contributed by atoms with Crippen molar-refractivity contribution >= 4 is 5.91 Å². The maximum Gasteiger partial charge on any atom is 0.416 e. The Bertz CT molecular complexity index is 517. The lowest BCUT2D eigenvalue weighted by Gasteiger charge is -2.34. The quantitative estimate of drug-likeness (QED) is 0.907. The molecular formula is C14H17F3N2O2. The normalized spacial score (nSPS) is 21.2. The second-order valence-corrected chi connectivity index (χ2v) is 5.10. The summed E-state index contributed by atoms with van der Waals surface area (Å²) in [7, 11) is 0. The van der Waals surface area contributed by atoms with E-state index >= 15 is 0 Å². The summed E-state index contributed by atoms with van der Waals surface area (Å²) in [6.07, 6.45) is -4.76. The third-order valence-corrected chi connectivity index (χ3v) is 3.40. The Kier molecular flexibility index (Phi) is 4.53. The first-order valence-electron chi connectivity index (χ1n) is 6.63. The molecule has 1 aliphatic rings. The van der Waals surface area contributed by atoms with Gasteiger partial charge >= 0.3 is 6.18 Å². The minimum Gasteiger partial charge on any atom is -0.373 e. The lowest BCUT2D eigenvalue weighted by atomic mass is 10.1. The van der Waals surface area contributed by atoms with Gasteiger partial charge in [0, 0.05) is 24.7 Å². The van der Waals surface area contributed by atoms with Crippen LogP contribution in [0.4, 0.5) is 13.2 Å². The molecule has 0 aliphatic carbocycles. The van der Waals surface area contributed by atoms with Gasteiger partial charge in [-0.25, -0.2) is 0 Å². The second kappa shape index (κ2) is 6.03. The predicted octanol–water partition coefficient (Wildman–Crippen LogP) is 1.89. The summed E-state index contributed by atoms with van der Waals surface area (Å²) >= 11 is 0. The number of hydrogen-bond acceptors (Lipinski definition) is 3. The fourth-order valence-electron chi connectivity index (χ4n) is 2.19. The number of halogens is 3. The number of amides is 1. The van der Waals surface area contributed by atoms with Crippen molar-refractivity contribution in [2.75, 3.05) is 19.7 Å². The number of carbonyl (C=O) groups is 1. The number of rotatable bonds is 2. The van der Waals surface area contributed by atoms with Gasteiger partial charge in [0.05, 0.1) is 18.3 Å². The zero-order chi connectivity index (χ0) is 15.6. The molecule has 0 spiro atoms. The Morgan fingerprint density at radius 1 is 1.48 bits per heavy atom. The number of carbonyl (C=O) groups excluding carboxylic acids is 1. The summed E-state index contributed by atoms with van der Waals surface area (Å²) in [5, 5.41) is 0. The van der Waals surface area contributed by atoms with Crippen LogP contribution in [0.25, 0.3) is 0 Å². The lowest BCUT2D eigenvalue weighted by Crippen LogP contribution is -2.51. The molecule has 0 bridgehead atoms. The topological polar surface area (TPSA) is 55.6 Å². The smallest absolute Gasteiger partial charge is 0.373 e. The van der Waals surface area contributed by atoms with Gasteiger partial charge in [0.1, 0.15) is 0 Å². The van der Waals surface area contributed by atoms with Gasteiger partial charge in [-0.05, 0) is 25.1 Å². The summed E-state index contributed by atoms with van der Waals surface area (Å²) < 4.78 is 43.5. The molecule has 0 aromatic heterocycles. The summed E-state index contributed by atoms with van der Waals surface area (Å²) in [4.78, 5) is 13.8. The van der Waals surface area contributed by atoms with Crippen molar-refractivity contribution in [1.82, 2.24) is 4.90 Å². The van der Waals surface area contributed by atoms with Gasteiger partial charge in [-0.1, -0.05) is 6.07 Å². The van der Waals surface area contributed by atoms with Crippen molar-refractivity contribution in [3.05, 3.63) is 35.4 Å². The van der Waals surface area contributed by atoms with Gasteiger partial charge in [0.2, 0.25) is 0 Å². The van der Waals surface area contributed by atoms with Crippen molar-refractivity contribution in [2.45, 2.75) is 25.2 Å². The van der Waals surface area contributed by atoms with E-state index in [9.17, 15) is 18.0 Å². The maximum atomic E-state index is 12.7. The Morgan fingerprint density at radius 3 is 2.81 bits per heavy atom. The highest BCUT2D eigenvalue weighted by Crippen LogP contribution is 2.29. The van der Waals surface area contributed by atoms with Crippen LogP contribution in [0.5, 0.6) is 0 Å². The van der Waals surface area contributed by atoms with Gasteiger partial charge in [-0.3, -0.25) is 4.79 Å². The van der Waals surface area contributed by atoms with E-state index in [-0.39, 0.29) is 24.3 Å². The summed E-state index contributed by atoms with van der Waals surface area (Å²) in [6, 6.07) is 4.19. The maximum absolute atomic E-state index is 12.7. The average molecular weight is 302 g/mol. The van der Waals surface area contributed by atoms with Crippen molar-refractivity contribution < 1.29 is 22.7 Å². The Labute approximate surface area is 120 Å². The van der Waals surface area contributed by atoms with Crippen molar-refractivity contribution in [3.63, 3.8) is 0 Å². The number of alkyl halides is 3. The summed E-state index contributed by atoms with van der Waals surface area (Å²) in [5.41, 5.74) is 4.93. The minimum atomic E-state index is -4.46. The highest BCUT2D eigenvalue weighted by Gasteiger charge is 2.32. The van der Waals surface area contributed by atoms with Gasteiger partial charge in [-0.2, -0.15) is 13.2 Å². The van der Waals surface area contributed by atoms with E-state index in [1.165, 1.54) is 17.0 Å². The molecular weight excluding hydrogens is 285 g/mol. The summed E-state index contributed by atoms with van der Waals surface area (Å²) in [5.74, 6) is -0.435. The lowest BCUT2D eigenvalue weighted by molar-refractivity contribution is -0.137. The molecule has 2 rings (SSSR count). The molecule has 2 atom stereocenters. The van der Waals surface area contributed by atoms with Crippen molar-refractivity contribution in [1.29, 1.82) is 0 Å². The predicted molar refractivity (Wildman–Crippen MR) is 70.7 cm³/mol. The number of benzene rings is 1. The fraction of sp³-hybridized carbons (Fsp3) is 0.500. The molecule has 0 radical (unpaired) electrons. The zero-order valence-corrected chi connectivity index (χ0v) is 11.6. The molecule has 0 saturated carbocycles. The van der Waals surface area contributed by atoms with Crippen LogP contribution >= 0.6 is 0 Å². The molecule has 1 fully saturated rings. The Hall–Kier alpha value is -1.60. The molecule has 7 heteroatoms. The van der Waals surface area contributed by atoms with Gasteiger partial charge in [-0.15, -0.1) is 0 Å². The zero-order valence-electron chi connectivity index (χ0n) is 11.6. The van der Waals surface area contributed by atoms with Crippen LogP contribution in [0.1, 0.15) is 22.8 Å². The monoisotopic (exact) mass is 302 g/mol. The van der Waals surface area contributed by atoms with E-state index < -0.39 is 17.6 Å². The van der Waals surface area contributed by atoms with E-state index in [4.69, 9.17) is 10.5 Å². The summed E-state index contributed by atoms with van der Waals surface area (Å²) in [6.45, 7) is 2.73. The van der Waals surface area contributed by atoms with E-state index in [0.29, 0.717) is 13.2 Å². The van der Waals surface area contributed by atoms with E-state index in [2.05, 4.69) is 0 Å². The van der Waals surface area contributed by atoms with Gasteiger partial charge in [0.25, 0.3) is 5.91 Å². The Morgan fingerprint density at radius 2 is 2.19 bits per heavy atom. The van der Waals surface area contributed by atoms with Gasteiger partial charge in [0.15, 0.2) is 0 Å². The molecule has 116 valence electrons. The molecule has 2 N–H and O–H groups in total. The third kappa shape index (κ3) is 3.74. The minimum absolute atomic E-state index is 0.0233. The molecule has 1 aromatic rings. The van der Waals surface area contributed by atoms with Crippen molar-refractivity contribution in [2.24, 2.45) is 5.73 Å². The molecule has 2 unspecified atom stereocenters. The highest BCUT2D eigenvalue weighted by molar-refractivity contribution is 5.94. The first-order chi connectivity index (χ1) is 9.79. The number of morpholine rings is 1. The molecule has 1 heterocycles. The van der Waals surface area contributed by atoms with Crippen LogP contribution in [0, 0.1) is 0 Å². The van der Waals surface area contributed by atoms with Crippen LogP contribution in [-0.4, -0.2) is 42.6 Å². The SMILES string of the molecule is CC(N)C1CN(C(=O)c2cccc(C(F)(F)F)c2)CCO1. The number of ether oxygens (including phenoxy) is 1. The number of nitrogens with two attached hydrogens (primary N) is 1. The average Bonchev–Trinajstić information content (AvgIpc) is 2.46. The van der Waals surface area contributed by atoms with Crippen LogP contribution in [0.3, 0.4) is 0 Å². The van der Waals surface area contributed by atoms with Crippen LogP contribution in [0.15, 0.2) is 24.3 Å². The van der Waals surface area contributed by atoms with E-state index in [0.717, 1.165) is 12.1 Å². The Balaban J connectivity index is 2.16. The molecule has 1 aromatic carbocycles. The largest absolute Gasteiger partial charge is 0.416 e. The molecule has 21 heavy (non-hydrogen) atoms. The number of nitrogens with zero attached hydrogens (tertiary/aromatic N) is 1. The molecule has 1 saturated heterocycles. The third-order valence-electron chi connectivity index (χ3n) is 3.40. The molecule has 4 nitrogen and oxygen atoms in total. The van der Waals surface area contributed by atoms with Gasteiger partial charge < -0.3 is 15.4 Å². The second-order valence-electron chi connectivity index (χ2n) is 5.10. The first kappa shape index (κ1) is 15.8. The van der Waals surface area contributed by atoms with Crippen LogP contribution in [-0.2, 0) is 10.9 Å².